The highest BCUT2D eigenvalue weighted by molar-refractivity contribution is 7.89. The summed E-state index contributed by atoms with van der Waals surface area (Å²) in [7, 11) is -1.38. The summed E-state index contributed by atoms with van der Waals surface area (Å²) >= 11 is 0. The Kier molecular flexibility index (Phi) is 8.27. The van der Waals surface area contributed by atoms with Crippen molar-refractivity contribution < 1.29 is 13.2 Å². The summed E-state index contributed by atoms with van der Waals surface area (Å²) < 4.78 is 27.4. The molecule has 2 heterocycles. The highest BCUT2D eigenvalue weighted by Gasteiger charge is 2.27. The number of hydrogen-bond acceptors (Lipinski definition) is 5. The van der Waals surface area contributed by atoms with E-state index in [2.05, 4.69) is 22.2 Å². The molecule has 30 heavy (non-hydrogen) atoms. The van der Waals surface area contributed by atoms with Gasteiger partial charge in [-0.15, -0.1) is 0 Å². The van der Waals surface area contributed by atoms with Gasteiger partial charge in [-0.05, 0) is 63.9 Å². The van der Waals surface area contributed by atoms with Crippen molar-refractivity contribution in [3.8, 4) is 0 Å². The second kappa shape index (κ2) is 10.7. The van der Waals surface area contributed by atoms with Gasteiger partial charge in [0.05, 0.1) is 4.90 Å². The number of carbonyl (C=O) groups excluding carboxylic acids is 1. The molecule has 0 aliphatic carbocycles. The second-order valence-corrected chi connectivity index (χ2v) is 10.5. The summed E-state index contributed by atoms with van der Waals surface area (Å²) in [5.74, 6) is -0.192. The van der Waals surface area contributed by atoms with E-state index in [0.717, 1.165) is 70.4 Å². The number of sulfonamides is 1. The van der Waals surface area contributed by atoms with Gasteiger partial charge >= 0.3 is 0 Å². The Labute approximate surface area is 181 Å². The molecule has 2 aliphatic heterocycles. The minimum Gasteiger partial charge on any atom is -0.352 e. The molecule has 0 aromatic heterocycles. The van der Waals surface area contributed by atoms with Crippen LogP contribution in [0.3, 0.4) is 0 Å². The maximum absolute atomic E-state index is 12.9. The Bertz CT molecular complexity index is 814. The fourth-order valence-electron chi connectivity index (χ4n) is 4.09. The molecular weight excluding hydrogens is 400 g/mol. The van der Waals surface area contributed by atoms with Crippen molar-refractivity contribution in [2.75, 3.05) is 59.4 Å². The number of amides is 1. The largest absolute Gasteiger partial charge is 0.352 e. The van der Waals surface area contributed by atoms with Crippen LogP contribution < -0.4 is 5.32 Å². The van der Waals surface area contributed by atoms with E-state index in [0.29, 0.717) is 25.2 Å². The number of likely N-dealkylation sites (N-methyl/N-ethyl adjacent to an activating group) is 1. The first kappa shape index (κ1) is 23.2. The molecule has 1 amide bonds. The molecule has 2 fully saturated rings. The molecule has 7 nitrogen and oxygen atoms in total. The lowest BCUT2D eigenvalue weighted by Crippen LogP contribution is -2.44. The van der Waals surface area contributed by atoms with E-state index in [4.69, 9.17) is 0 Å². The van der Waals surface area contributed by atoms with E-state index in [-0.39, 0.29) is 10.8 Å². The highest BCUT2D eigenvalue weighted by atomic mass is 32.2. The first-order valence-electron chi connectivity index (χ1n) is 11.2. The van der Waals surface area contributed by atoms with Gasteiger partial charge in [0.25, 0.3) is 5.91 Å². The van der Waals surface area contributed by atoms with E-state index < -0.39 is 10.0 Å². The summed E-state index contributed by atoms with van der Waals surface area (Å²) in [6.45, 7) is 9.09. The number of carbonyl (C=O) groups is 1. The molecule has 0 saturated carbocycles. The number of piperazine rings is 1. The van der Waals surface area contributed by atoms with Gasteiger partial charge in [0.1, 0.15) is 0 Å². The molecule has 1 aromatic rings. The molecule has 0 unspecified atom stereocenters. The number of piperidine rings is 1. The van der Waals surface area contributed by atoms with E-state index in [1.165, 1.54) is 0 Å². The molecule has 0 radical (unpaired) electrons. The average Bonchev–Trinajstić information content (AvgIpc) is 2.75. The minimum absolute atomic E-state index is 0.192. The molecule has 3 rings (SSSR count). The molecule has 168 valence electrons. The number of nitrogens with zero attached hydrogens (tertiary/aromatic N) is 3. The lowest BCUT2D eigenvalue weighted by Gasteiger charge is -2.32. The van der Waals surface area contributed by atoms with Crippen LogP contribution in [0, 0.1) is 6.92 Å². The van der Waals surface area contributed by atoms with Crippen LogP contribution in [-0.2, 0) is 10.0 Å². The third-order valence-corrected chi connectivity index (χ3v) is 8.08. The Morgan fingerprint density at radius 1 is 1.00 bits per heavy atom. The lowest BCUT2D eigenvalue weighted by molar-refractivity contribution is 0.0951. The molecule has 2 saturated heterocycles. The smallest absolute Gasteiger partial charge is 0.251 e. The van der Waals surface area contributed by atoms with Gasteiger partial charge in [0, 0.05) is 51.4 Å². The summed E-state index contributed by atoms with van der Waals surface area (Å²) in [6, 6.07) is 4.89. The van der Waals surface area contributed by atoms with Gasteiger partial charge in [0.15, 0.2) is 0 Å². The normalized spacial score (nSPS) is 19.7. The maximum atomic E-state index is 12.9. The van der Waals surface area contributed by atoms with Crippen molar-refractivity contribution >= 4 is 15.9 Å². The maximum Gasteiger partial charge on any atom is 0.251 e. The third-order valence-electron chi connectivity index (χ3n) is 6.19. The predicted octanol–water partition coefficient (Wildman–Crippen LogP) is 1.93. The van der Waals surface area contributed by atoms with Gasteiger partial charge in [-0.1, -0.05) is 12.5 Å². The predicted molar refractivity (Wildman–Crippen MR) is 119 cm³/mol. The molecule has 2 aliphatic rings. The Morgan fingerprint density at radius 3 is 2.40 bits per heavy atom. The average molecular weight is 437 g/mol. The monoisotopic (exact) mass is 436 g/mol. The number of unbranched alkanes of at least 4 members (excludes halogenated alkanes) is 1. The first-order valence-corrected chi connectivity index (χ1v) is 12.6. The second-order valence-electron chi connectivity index (χ2n) is 8.55. The van der Waals surface area contributed by atoms with Crippen LogP contribution in [0.2, 0.25) is 0 Å². The number of nitrogens with one attached hydrogen (secondary N) is 1. The quantitative estimate of drug-likeness (QED) is 0.631. The zero-order valence-electron chi connectivity index (χ0n) is 18.4. The topological polar surface area (TPSA) is 73.0 Å². The number of benzene rings is 1. The van der Waals surface area contributed by atoms with Crippen molar-refractivity contribution in [2.24, 2.45) is 0 Å². The van der Waals surface area contributed by atoms with Gasteiger partial charge in [-0.3, -0.25) is 4.79 Å². The Balaban J connectivity index is 1.51. The Morgan fingerprint density at radius 2 is 1.70 bits per heavy atom. The Hall–Kier alpha value is -1.48. The van der Waals surface area contributed by atoms with Crippen molar-refractivity contribution in [3.05, 3.63) is 29.3 Å². The fraction of sp³-hybridized carbons (Fsp3) is 0.682. The molecule has 1 aromatic carbocycles. The van der Waals surface area contributed by atoms with Crippen molar-refractivity contribution in [3.63, 3.8) is 0 Å². The summed E-state index contributed by atoms with van der Waals surface area (Å²) in [5.41, 5.74) is 1.25. The van der Waals surface area contributed by atoms with Gasteiger partial charge < -0.3 is 15.1 Å². The standard InChI is InChI=1S/C22H36N4O3S/c1-19-8-9-20(30(28,29)26-12-5-3-6-13-26)18-21(19)22(27)23-10-4-7-11-25-16-14-24(2)15-17-25/h8-9,18H,3-7,10-17H2,1-2H3,(H,23,27). The zero-order chi connectivity index (χ0) is 21.6. The number of aryl methyl sites for hydroxylation is 1. The van der Waals surface area contributed by atoms with E-state index in [1.807, 2.05) is 6.92 Å². The van der Waals surface area contributed by atoms with E-state index in [9.17, 15) is 13.2 Å². The number of hydrogen-bond donors (Lipinski definition) is 1. The lowest BCUT2D eigenvalue weighted by atomic mass is 10.1. The van der Waals surface area contributed by atoms with Gasteiger partial charge in [-0.25, -0.2) is 8.42 Å². The summed E-state index contributed by atoms with van der Waals surface area (Å²) in [6.07, 6.45) is 4.83. The van der Waals surface area contributed by atoms with Crippen molar-refractivity contribution in [2.45, 2.75) is 43.9 Å². The van der Waals surface area contributed by atoms with Crippen LogP contribution in [0.15, 0.2) is 23.1 Å². The first-order chi connectivity index (χ1) is 14.4. The van der Waals surface area contributed by atoms with Crippen LogP contribution in [0.4, 0.5) is 0 Å². The van der Waals surface area contributed by atoms with E-state index >= 15 is 0 Å². The van der Waals surface area contributed by atoms with Crippen molar-refractivity contribution in [1.82, 2.24) is 19.4 Å². The van der Waals surface area contributed by atoms with Crippen LogP contribution >= 0.6 is 0 Å². The molecule has 1 N–H and O–H groups in total. The van der Waals surface area contributed by atoms with Crippen LogP contribution in [0.25, 0.3) is 0 Å². The summed E-state index contributed by atoms with van der Waals surface area (Å²) in [5, 5.41) is 2.97. The van der Waals surface area contributed by atoms with Crippen LogP contribution in [0.5, 0.6) is 0 Å². The summed E-state index contributed by atoms with van der Waals surface area (Å²) in [4.78, 5) is 17.7. The molecule has 0 atom stereocenters. The van der Waals surface area contributed by atoms with E-state index in [1.54, 1.807) is 22.5 Å². The molecule has 0 spiro atoms. The van der Waals surface area contributed by atoms with Crippen LogP contribution in [0.1, 0.15) is 48.0 Å². The molecular formula is C22H36N4O3S. The zero-order valence-corrected chi connectivity index (χ0v) is 19.2. The minimum atomic E-state index is -3.54. The van der Waals surface area contributed by atoms with Gasteiger partial charge in [-0.2, -0.15) is 4.31 Å². The molecule has 8 heteroatoms. The SMILES string of the molecule is Cc1ccc(S(=O)(=O)N2CCCCC2)cc1C(=O)NCCCCN1CCN(C)CC1. The van der Waals surface area contributed by atoms with Crippen LogP contribution in [-0.4, -0.2) is 87.8 Å². The molecule has 0 bridgehead atoms. The number of rotatable bonds is 8. The highest BCUT2D eigenvalue weighted by Crippen LogP contribution is 2.22. The fourth-order valence-corrected chi connectivity index (χ4v) is 5.63. The van der Waals surface area contributed by atoms with Gasteiger partial charge in [0.2, 0.25) is 10.0 Å². The third kappa shape index (κ3) is 6.03. The van der Waals surface area contributed by atoms with Crippen molar-refractivity contribution in [1.29, 1.82) is 0 Å².